The number of hydrogen-bond acceptors (Lipinski definition) is 3. The van der Waals surface area contributed by atoms with Gasteiger partial charge in [-0.3, -0.25) is 4.79 Å². The van der Waals surface area contributed by atoms with Crippen LogP contribution in [0.3, 0.4) is 0 Å². The smallest absolute Gasteiger partial charge is 0.271 e. The molecule has 2 aromatic rings. The highest BCUT2D eigenvalue weighted by Gasteiger charge is 2.48. The van der Waals surface area contributed by atoms with Crippen LogP contribution in [0.2, 0.25) is 10.0 Å². The summed E-state index contributed by atoms with van der Waals surface area (Å²) in [5.41, 5.74) is 1.26. The quantitative estimate of drug-likeness (QED) is 0.712. The lowest BCUT2D eigenvalue weighted by Crippen LogP contribution is -2.55. The molecule has 136 valence electrons. The Bertz CT molecular complexity index is 837. The van der Waals surface area contributed by atoms with Crippen molar-refractivity contribution in [1.29, 1.82) is 0 Å². The van der Waals surface area contributed by atoms with Crippen molar-refractivity contribution in [1.82, 2.24) is 10.3 Å². The van der Waals surface area contributed by atoms with Crippen LogP contribution in [0.25, 0.3) is 10.6 Å². The lowest BCUT2D eigenvalue weighted by atomic mass is 9.54. The normalized spacial score (nSPS) is 32.0. The van der Waals surface area contributed by atoms with E-state index < -0.39 is 0 Å². The van der Waals surface area contributed by atoms with Gasteiger partial charge in [-0.1, -0.05) is 35.3 Å². The third-order valence-electron chi connectivity index (χ3n) is 6.44. The minimum absolute atomic E-state index is 0.0527. The second-order valence-corrected chi connectivity index (χ2v) is 9.71. The van der Waals surface area contributed by atoms with Gasteiger partial charge in [-0.2, -0.15) is 0 Å². The molecule has 4 aliphatic rings. The largest absolute Gasteiger partial charge is 0.347 e. The molecule has 1 aromatic carbocycles. The molecule has 0 aliphatic heterocycles. The minimum Gasteiger partial charge on any atom is -0.347 e. The minimum atomic E-state index is -0.0527. The third-order valence-corrected chi connectivity index (χ3v) is 8.14. The number of halogens is 2. The van der Waals surface area contributed by atoms with E-state index in [2.05, 4.69) is 10.3 Å². The van der Waals surface area contributed by atoms with Gasteiger partial charge < -0.3 is 5.32 Å². The molecular weight excluding hydrogens is 387 g/mol. The van der Waals surface area contributed by atoms with Crippen molar-refractivity contribution in [2.75, 3.05) is 0 Å². The average Bonchev–Trinajstić information content (AvgIpc) is 3.10. The van der Waals surface area contributed by atoms with Gasteiger partial charge in [-0.15, -0.1) is 11.3 Å². The number of carbonyl (C=O) groups excluding carboxylic acids is 1. The van der Waals surface area contributed by atoms with Crippen molar-refractivity contribution in [3.63, 3.8) is 0 Å². The molecule has 6 heteroatoms. The van der Waals surface area contributed by atoms with Gasteiger partial charge in [-0.25, -0.2) is 4.98 Å². The summed E-state index contributed by atoms with van der Waals surface area (Å²) in [6, 6.07) is 5.81. The number of nitrogens with zero attached hydrogens (tertiary/aromatic N) is 1. The van der Waals surface area contributed by atoms with Gasteiger partial charge >= 0.3 is 0 Å². The van der Waals surface area contributed by atoms with E-state index in [1.54, 1.807) is 6.07 Å². The molecule has 26 heavy (non-hydrogen) atoms. The summed E-state index contributed by atoms with van der Waals surface area (Å²) in [4.78, 5) is 17.3. The molecule has 0 atom stereocenters. The Morgan fingerprint density at radius 2 is 1.77 bits per heavy atom. The summed E-state index contributed by atoms with van der Waals surface area (Å²) in [6.07, 6.45) is 6.58. The topological polar surface area (TPSA) is 42.0 Å². The second kappa shape index (κ2) is 6.50. The fraction of sp³-hybridized carbons (Fsp3) is 0.500. The number of aromatic nitrogens is 1. The van der Waals surface area contributed by atoms with E-state index in [1.165, 1.54) is 43.4 Å². The molecule has 0 spiro atoms. The van der Waals surface area contributed by atoms with E-state index >= 15 is 0 Å². The summed E-state index contributed by atoms with van der Waals surface area (Å²) >= 11 is 13.8. The van der Waals surface area contributed by atoms with Crippen LogP contribution in [0.5, 0.6) is 0 Å². The van der Waals surface area contributed by atoms with Crippen molar-refractivity contribution < 1.29 is 4.79 Å². The van der Waals surface area contributed by atoms with Gasteiger partial charge in [-0.05, 0) is 61.8 Å². The van der Waals surface area contributed by atoms with Crippen molar-refractivity contribution in [2.24, 2.45) is 23.7 Å². The highest BCUT2D eigenvalue weighted by atomic mass is 35.5. The van der Waals surface area contributed by atoms with Crippen LogP contribution in [0.4, 0.5) is 0 Å². The molecule has 0 radical (unpaired) electrons. The predicted molar refractivity (Wildman–Crippen MR) is 106 cm³/mol. The predicted octanol–water partition coefficient (Wildman–Crippen LogP) is 5.67. The second-order valence-electron chi connectivity index (χ2n) is 8.07. The van der Waals surface area contributed by atoms with Crippen LogP contribution in [0.15, 0.2) is 23.6 Å². The van der Waals surface area contributed by atoms with Crippen molar-refractivity contribution >= 4 is 40.4 Å². The number of amides is 1. The first-order valence-electron chi connectivity index (χ1n) is 9.29. The maximum atomic E-state index is 12.8. The van der Waals surface area contributed by atoms with Crippen LogP contribution in [0, 0.1) is 23.7 Å². The van der Waals surface area contributed by atoms with Crippen molar-refractivity contribution in [2.45, 2.75) is 38.1 Å². The molecule has 1 N–H and O–H groups in total. The maximum Gasteiger partial charge on any atom is 0.271 e. The van der Waals surface area contributed by atoms with Crippen molar-refractivity contribution in [3.8, 4) is 10.6 Å². The Labute approximate surface area is 167 Å². The Morgan fingerprint density at radius 1 is 1.08 bits per heavy atom. The van der Waals surface area contributed by atoms with E-state index in [1.807, 2.05) is 17.5 Å². The summed E-state index contributed by atoms with van der Waals surface area (Å²) in [5, 5.41) is 6.84. The molecule has 4 bridgehead atoms. The summed E-state index contributed by atoms with van der Waals surface area (Å²) in [7, 11) is 0. The average molecular weight is 407 g/mol. The maximum absolute atomic E-state index is 12.8. The number of carbonyl (C=O) groups is 1. The SMILES string of the molecule is O=C(NC1C2CC3CC(C2)CC1C3)c1csc(-c2cccc(Cl)c2Cl)n1. The van der Waals surface area contributed by atoms with Gasteiger partial charge in [0.25, 0.3) is 5.91 Å². The van der Waals surface area contributed by atoms with E-state index in [0.717, 1.165) is 22.4 Å². The zero-order valence-corrected chi connectivity index (χ0v) is 16.6. The lowest BCUT2D eigenvalue weighted by molar-refractivity contribution is -0.0120. The molecule has 4 saturated carbocycles. The molecule has 6 rings (SSSR count). The zero-order chi connectivity index (χ0) is 17.8. The number of thiazole rings is 1. The summed E-state index contributed by atoms with van der Waals surface area (Å²) in [6.45, 7) is 0. The van der Waals surface area contributed by atoms with Crippen LogP contribution < -0.4 is 5.32 Å². The molecular formula is C20H20Cl2N2OS. The first-order chi connectivity index (χ1) is 12.6. The van der Waals surface area contributed by atoms with Gasteiger partial charge in [0.2, 0.25) is 0 Å². The fourth-order valence-corrected chi connectivity index (χ4v) is 6.83. The molecule has 0 saturated heterocycles. The zero-order valence-electron chi connectivity index (χ0n) is 14.3. The van der Waals surface area contributed by atoms with E-state index in [9.17, 15) is 4.79 Å². The molecule has 4 aliphatic carbocycles. The Balaban J connectivity index is 1.34. The highest BCUT2D eigenvalue weighted by molar-refractivity contribution is 7.13. The first kappa shape index (κ1) is 17.0. The van der Waals surface area contributed by atoms with Crippen LogP contribution in [0.1, 0.15) is 42.6 Å². The molecule has 1 amide bonds. The molecule has 1 heterocycles. The van der Waals surface area contributed by atoms with Crippen LogP contribution in [-0.2, 0) is 0 Å². The number of nitrogens with one attached hydrogen (secondary N) is 1. The van der Waals surface area contributed by atoms with Gasteiger partial charge in [0.15, 0.2) is 0 Å². The Hall–Kier alpha value is -1.10. The third kappa shape index (κ3) is 2.87. The monoisotopic (exact) mass is 406 g/mol. The molecule has 1 aromatic heterocycles. The van der Waals surface area contributed by atoms with Crippen LogP contribution >= 0.6 is 34.5 Å². The number of benzene rings is 1. The van der Waals surface area contributed by atoms with Gasteiger partial charge in [0.05, 0.1) is 10.0 Å². The standard InChI is InChI=1S/C20H20Cl2N2OS/c21-15-3-1-2-14(17(15)22)20-23-16(9-26-20)19(25)24-18-12-5-10-4-11(7-12)8-13(18)6-10/h1-3,9-13,18H,4-8H2,(H,24,25). The fourth-order valence-electron chi connectivity index (χ4n) is 5.56. The highest BCUT2D eigenvalue weighted by Crippen LogP contribution is 2.53. The molecule has 3 nitrogen and oxygen atoms in total. The Kier molecular flexibility index (Phi) is 4.26. The Morgan fingerprint density at radius 3 is 2.46 bits per heavy atom. The van der Waals surface area contributed by atoms with Gasteiger partial charge in [0, 0.05) is 17.0 Å². The van der Waals surface area contributed by atoms with Gasteiger partial charge in [0.1, 0.15) is 10.7 Å². The van der Waals surface area contributed by atoms with Crippen LogP contribution in [-0.4, -0.2) is 16.9 Å². The first-order valence-corrected chi connectivity index (χ1v) is 10.9. The number of hydrogen-bond donors (Lipinski definition) is 1. The van der Waals surface area contributed by atoms with E-state index in [0.29, 0.717) is 33.6 Å². The molecule has 0 unspecified atom stereocenters. The van der Waals surface area contributed by atoms with E-state index in [4.69, 9.17) is 23.2 Å². The summed E-state index contributed by atoms with van der Waals surface area (Å²) in [5.74, 6) is 3.08. The number of rotatable bonds is 3. The van der Waals surface area contributed by atoms with Crippen molar-refractivity contribution in [3.05, 3.63) is 39.3 Å². The molecule has 4 fully saturated rings. The van der Waals surface area contributed by atoms with E-state index in [-0.39, 0.29) is 5.91 Å². The lowest BCUT2D eigenvalue weighted by Gasteiger charge is -2.54. The summed E-state index contributed by atoms with van der Waals surface area (Å²) < 4.78 is 0.